The molecule has 200 valence electrons. The molecule has 0 saturated carbocycles. The fraction of sp³-hybridized carbons (Fsp3) is 0.259. The number of sulfonamides is 1. The van der Waals surface area contributed by atoms with Crippen molar-refractivity contribution < 1.29 is 18.0 Å². The highest BCUT2D eigenvalue weighted by Gasteiger charge is 2.27. The lowest BCUT2D eigenvalue weighted by Crippen LogP contribution is -2.47. The summed E-state index contributed by atoms with van der Waals surface area (Å²) in [7, 11) is -2.01. The zero-order valence-electron chi connectivity index (χ0n) is 20.8. The molecule has 0 spiro atoms. The molecule has 2 amide bonds. The van der Waals surface area contributed by atoms with Crippen LogP contribution in [0.1, 0.15) is 15.9 Å². The zero-order chi connectivity index (χ0) is 27.3. The van der Waals surface area contributed by atoms with Gasteiger partial charge in [-0.1, -0.05) is 35.3 Å². The average molecular weight is 576 g/mol. The number of amides is 2. The molecule has 0 unspecified atom stereocenters. The number of carbonyl (C=O) groups is 2. The number of likely N-dealkylation sites (N-methyl/N-ethyl adjacent to an activating group) is 1. The minimum Gasteiger partial charge on any atom is -0.336 e. The predicted octanol–water partition coefficient (Wildman–Crippen LogP) is 4.21. The Hall–Kier alpha value is -2.95. The molecule has 1 N–H and O–H groups in total. The minimum absolute atomic E-state index is 0.0171. The van der Waals surface area contributed by atoms with Crippen molar-refractivity contribution in [3.63, 3.8) is 0 Å². The van der Waals surface area contributed by atoms with Gasteiger partial charge < -0.3 is 15.1 Å². The third kappa shape index (κ3) is 7.12. The molecule has 1 aliphatic heterocycles. The quantitative estimate of drug-likeness (QED) is 0.435. The van der Waals surface area contributed by atoms with Crippen LogP contribution in [0.5, 0.6) is 0 Å². The van der Waals surface area contributed by atoms with E-state index < -0.39 is 22.5 Å². The van der Waals surface area contributed by atoms with Crippen molar-refractivity contribution in [2.45, 2.75) is 11.4 Å². The van der Waals surface area contributed by atoms with Crippen LogP contribution in [-0.2, 0) is 21.4 Å². The van der Waals surface area contributed by atoms with Gasteiger partial charge in [0.15, 0.2) is 0 Å². The highest BCUT2D eigenvalue weighted by atomic mass is 35.5. The third-order valence-electron chi connectivity index (χ3n) is 6.23. The molecule has 0 aromatic heterocycles. The van der Waals surface area contributed by atoms with E-state index in [1.165, 1.54) is 24.3 Å². The van der Waals surface area contributed by atoms with Gasteiger partial charge in [-0.3, -0.25) is 9.59 Å². The molecule has 0 radical (unpaired) electrons. The Morgan fingerprint density at radius 1 is 0.895 bits per heavy atom. The first-order chi connectivity index (χ1) is 18.1. The van der Waals surface area contributed by atoms with E-state index in [0.717, 1.165) is 17.4 Å². The van der Waals surface area contributed by atoms with E-state index in [1.54, 1.807) is 48.5 Å². The van der Waals surface area contributed by atoms with Crippen molar-refractivity contribution in [3.05, 3.63) is 94.0 Å². The molecule has 1 fully saturated rings. The first kappa shape index (κ1) is 28.1. The normalized spacial score (nSPS) is 14.5. The van der Waals surface area contributed by atoms with Gasteiger partial charge in [-0.15, -0.1) is 0 Å². The van der Waals surface area contributed by atoms with Gasteiger partial charge >= 0.3 is 0 Å². The first-order valence-corrected chi connectivity index (χ1v) is 14.2. The van der Waals surface area contributed by atoms with Gasteiger partial charge in [-0.05, 0) is 73.3 Å². The van der Waals surface area contributed by atoms with Crippen LogP contribution in [0.15, 0.2) is 77.7 Å². The number of hydrogen-bond acceptors (Lipinski definition) is 5. The second-order valence-electron chi connectivity index (χ2n) is 9.08. The fourth-order valence-electron chi connectivity index (χ4n) is 4.07. The summed E-state index contributed by atoms with van der Waals surface area (Å²) in [5.41, 5.74) is 1.62. The van der Waals surface area contributed by atoms with Gasteiger partial charge in [-0.2, -0.15) is 4.31 Å². The van der Waals surface area contributed by atoms with E-state index in [1.807, 2.05) is 11.9 Å². The number of rotatable bonds is 8. The SMILES string of the molecule is CN1CCN(C(=O)c2ccc(NC(=O)CN(Cc3cccc(Cl)c3)S(=O)(=O)c3ccc(Cl)cc3)cc2)CC1. The Kier molecular flexibility index (Phi) is 9.07. The molecule has 0 aliphatic carbocycles. The van der Waals surface area contributed by atoms with Crippen LogP contribution in [-0.4, -0.2) is 74.1 Å². The van der Waals surface area contributed by atoms with Crippen LogP contribution in [0.25, 0.3) is 0 Å². The van der Waals surface area contributed by atoms with E-state index in [4.69, 9.17) is 23.2 Å². The number of halogens is 2. The maximum Gasteiger partial charge on any atom is 0.253 e. The molecular formula is C27H28Cl2N4O4S. The second kappa shape index (κ2) is 12.3. The summed E-state index contributed by atoms with van der Waals surface area (Å²) in [5.74, 6) is -0.583. The van der Waals surface area contributed by atoms with Crippen molar-refractivity contribution in [3.8, 4) is 0 Å². The van der Waals surface area contributed by atoms with Crippen LogP contribution in [0.2, 0.25) is 10.0 Å². The Balaban J connectivity index is 1.47. The van der Waals surface area contributed by atoms with E-state index in [0.29, 0.717) is 39.9 Å². The van der Waals surface area contributed by atoms with Gasteiger partial charge in [-0.25, -0.2) is 8.42 Å². The summed E-state index contributed by atoms with van der Waals surface area (Å²) in [6.07, 6.45) is 0. The Morgan fingerprint density at radius 3 is 2.18 bits per heavy atom. The van der Waals surface area contributed by atoms with Crippen LogP contribution >= 0.6 is 23.2 Å². The molecule has 4 rings (SSSR count). The highest BCUT2D eigenvalue weighted by molar-refractivity contribution is 7.89. The summed E-state index contributed by atoms with van der Waals surface area (Å²) in [6, 6.07) is 19.1. The summed E-state index contributed by atoms with van der Waals surface area (Å²) >= 11 is 12.0. The standard InChI is InChI=1S/C27H28Cl2N4O4S/c1-31-13-15-32(16-14-31)27(35)21-5-9-24(10-6-21)30-26(34)19-33(18-20-3-2-4-23(29)17-20)38(36,37)25-11-7-22(28)8-12-25/h2-12,17H,13-16,18-19H2,1H3,(H,30,34). The number of carbonyl (C=O) groups excluding carboxylic acids is 2. The topological polar surface area (TPSA) is 90.0 Å². The maximum absolute atomic E-state index is 13.4. The summed E-state index contributed by atoms with van der Waals surface area (Å²) in [6.45, 7) is 2.49. The molecule has 1 aliphatic rings. The number of anilines is 1. The minimum atomic E-state index is -4.03. The molecule has 0 atom stereocenters. The zero-order valence-corrected chi connectivity index (χ0v) is 23.1. The lowest BCUT2D eigenvalue weighted by molar-refractivity contribution is -0.116. The molecule has 3 aromatic rings. The number of nitrogens with one attached hydrogen (secondary N) is 1. The Bertz CT molecular complexity index is 1390. The molecule has 8 nitrogen and oxygen atoms in total. The highest BCUT2D eigenvalue weighted by Crippen LogP contribution is 2.22. The summed E-state index contributed by atoms with van der Waals surface area (Å²) in [5, 5.41) is 3.59. The molecule has 1 heterocycles. The largest absolute Gasteiger partial charge is 0.336 e. The lowest BCUT2D eigenvalue weighted by Gasteiger charge is -2.32. The van der Waals surface area contributed by atoms with E-state index in [2.05, 4.69) is 10.2 Å². The molecule has 11 heteroatoms. The number of hydrogen-bond donors (Lipinski definition) is 1. The lowest BCUT2D eigenvalue weighted by atomic mass is 10.1. The van der Waals surface area contributed by atoms with Crippen LogP contribution in [0.4, 0.5) is 5.69 Å². The van der Waals surface area contributed by atoms with Crippen LogP contribution in [0.3, 0.4) is 0 Å². The predicted molar refractivity (Wildman–Crippen MR) is 149 cm³/mol. The Labute approximate surface area is 232 Å². The Morgan fingerprint density at radius 2 is 1.55 bits per heavy atom. The molecule has 1 saturated heterocycles. The van der Waals surface area contributed by atoms with E-state index in [9.17, 15) is 18.0 Å². The fourth-order valence-corrected chi connectivity index (χ4v) is 5.79. The molecule has 3 aromatic carbocycles. The summed E-state index contributed by atoms with van der Waals surface area (Å²) < 4.78 is 28.0. The summed E-state index contributed by atoms with van der Waals surface area (Å²) in [4.78, 5) is 29.7. The molecule has 38 heavy (non-hydrogen) atoms. The van der Waals surface area contributed by atoms with Crippen molar-refractivity contribution in [1.29, 1.82) is 0 Å². The number of piperazine rings is 1. The van der Waals surface area contributed by atoms with Gasteiger partial charge in [0, 0.05) is 54.0 Å². The van der Waals surface area contributed by atoms with Gasteiger partial charge in [0.1, 0.15) is 0 Å². The van der Waals surface area contributed by atoms with Gasteiger partial charge in [0.25, 0.3) is 5.91 Å². The number of benzene rings is 3. The van der Waals surface area contributed by atoms with Gasteiger partial charge in [0.05, 0.1) is 11.4 Å². The van der Waals surface area contributed by atoms with Crippen molar-refractivity contribution >= 4 is 50.7 Å². The number of nitrogens with zero attached hydrogens (tertiary/aromatic N) is 3. The first-order valence-electron chi connectivity index (χ1n) is 12.0. The van der Waals surface area contributed by atoms with Crippen molar-refractivity contribution in [2.75, 3.05) is 45.1 Å². The molecule has 0 bridgehead atoms. The van der Waals surface area contributed by atoms with E-state index in [-0.39, 0.29) is 17.3 Å². The smallest absolute Gasteiger partial charge is 0.253 e. The average Bonchev–Trinajstić information content (AvgIpc) is 2.89. The van der Waals surface area contributed by atoms with Crippen LogP contribution < -0.4 is 5.32 Å². The third-order valence-corrected chi connectivity index (χ3v) is 8.52. The maximum atomic E-state index is 13.4. The van der Waals surface area contributed by atoms with Crippen LogP contribution in [0, 0.1) is 0 Å². The van der Waals surface area contributed by atoms with Crippen molar-refractivity contribution in [2.24, 2.45) is 0 Å². The monoisotopic (exact) mass is 574 g/mol. The van der Waals surface area contributed by atoms with Gasteiger partial charge in [0.2, 0.25) is 15.9 Å². The second-order valence-corrected chi connectivity index (χ2v) is 11.9. The molecular weight excluding hydrogens is 547 g/mol. The van der Waals surface area contributed by atoms with Crippen molar-refractivity contribution in [1.82, 2.24) is 14.1 Å². The van der Waals surface area contributed by atoms with E-state index >= 15 is 0 Å².